The van der Waals surface area contributed by atoms with Crippen LogP contribution in [0.15, 0.2) is 24.3 Å². The minimum atomic E-state index is -1.14. The van der Waals surface area contributed by atoms with Crippen molar-refractivity contribution in [1.82, 2.24) is 15.1 Å². The van der Waals surface area contributed by atoms with Gasteiger partial charge in [0.2, 0.25) is 5.91 Å². The van der Waals surface area contributed by atoms with Crippen LogP contribution in [-0.2, 0) is 15.1 Å². The van der Waals surface area contributed by atoms with Crippen LogP contribution in [0.4, 0.5) is 4.79 Å². The van der Waals surface area contributed by atoms with E-state index in [-0.39, 0.29) is 24.4 Å². The number of urea groups is 1. The largest absolute Gasteiger partial charge is 0.338 e. The zero-order valence-corrected chi connectivity index (χ0v) is 17.3. The number of likely N-dealkylation sites (tertiary alicyclic amines) is 1. The van der Waals surface area contributed by atoms with E-state index in [0.29, 0.717) is 12.5 Å². The van der Waals surface area contributed by atoms with Gasteiger partial charge in [-0.05, 0) is 49.7 Å². The van der Waals surface area contributed by atoms with Crippen LogP contribution in [-0.4, -0.2) is 46.8 Å². The van der Waals surface area contributed by atoms with E-state index in [1.54, 1.807) is 6.92 Å². The summed E-state index contributed by atoms with van der Waals surface area (Å²) in [6, 6.07) is 7.44. The van der Waals surface area contributed by atoms with Gasteiger partial charge < -0.3 is 10.2 Å². The van der Waals surface area contributed by atoms with Crippen LogP contribution in [0.25, 0.3) is 0 Å². The average Bonchev–Trinajstić information content (AvgIpc) is 2.91. The summed E-state index contributed by atoms with van der Waals surface area (Å²) in [5.74, 6) is -0.122. The molecular weight excluding hydrogens is 354 g/mol. The molecular formula is C22H31N3O3. The average molecular weight is 386 g/mol. The molecule has 2 fully saturated rings. The van der Waals surface area contributed by atoms with E-state index in [2.05, 4.69) is 26.1 Å². The number of hydrogen-bond acceptors (Lipinski definition) is 3. The number of rotatable bonds is 5. The van der Waals surface area contributed by atoms with Gasteiger partial charge >= 0.3 is 6.03 Å². The normalized spacial score (nSPS) is 25.4. The smallest absolute Gasteiger partial charge is 0.325 e. The maximum atomic E-state index is 13.1. The fourth-order valence-electron chi connectivity index (χ4n) is 4.22. The summed E-state index contributed by atoms with van der Waals surface area (Å²) < 4.78 is 0. The summed E-state index contributed by atoms with van der Waals surface area (Å²) in [5, 5.41) is 2.80. The quantitative estimate of drug-likeness (QED) is 0.790. The molecule has 4 amide bonds. The predicted octanol–water partition coefficient (Wildman–Crippen LogP) is 3.37. The highest BCUT2D eigenvalue weighted by atomic mass is 16.2. The third-order valence-electron chi connectivity index (χ3n) is 6.14. The Bertz CT molecular complexity index is 759. The molecule has 1 aromatic carbocycles. The number of nitrogens with zero attached hydrogens (tertiary/aromatic N) is 2. The van der Waals surface area contributed by atoms with E-state index >= 15 is 0 Å². The van der Waals surface area contributed by atoms with Crippen LogP contribution in [0.1, 0.15) is 70.4 Å². The Labute approximate surface area is 167 Å². The third kappa shape index (κ3) is 3.64. The number of carbonyl (C=O) groups is 3. The molecule has 6 nitrogen and oxygen atoms in total. The van der Waals surface area contributed by atoms with E-state index in [0.717, 1.165) is 36.1 Å². The molecule has 2 saturated heterocycles. The molecule has 0 aromatic heterocycles. The molecule has 0 spiro atoms. The topological polar surface area (TPSA) is 69.7 Å². The van der Waals surface area contributed by atoms with Crippen LogP contribution in [0.3, 0.4) is 0 Å². The molecule has 0 unspecified atom stereocenters. The maximum Gasteiger partial charge on any atom is 0.325 e. The Morgan fingerprint density at radius 2 is 1.89 bits per heavy atom. The van der Waals surface area contributed by atoms with Crippen molar-refractivity contribution >= 4 is 17.8 Å². The molecule has 3 rings (SSSR count). The predicted molar refractivity (Wildman–Crippen MR) is 108 cm³/mol. The Balaban J connectivity index is 1.76. The van der Waals surface area contributed by atoms with Crippen molar-refractivity contribution in [2.45, 2.75) is 70.9 Å². The van der Waals surface area contributed by atoms with Gasteiger partial charge in [-0.1, -0.05) is 45.0 Å². The SMILES string of the molecule is CC[C@H]1CCCCN1C(=O)CN1C(=O)N[C@](C)(c2ccc(C(C)C)cc2)C1=O. The van der Waals surface area contributed by atoms with Gasteiger partial charge in [0.25, 0.3) is 5.91 Å². The van der Waals surface area contributed by atoms with Gasteiger partial charge in [-0.3, -0.25) is 14.5 Å². The lowest BCUT2D eigenvalue weighted by molar-refractivity contribution is -0.141. The molecule has 0 aliphatic carbocycles. The molecule has 152 valence electrons. The van der Waals surface area contributed by atoms with Crippen molar-refractivity contribution in [2.75, 3.05) is 13.1 Å². The van der Waals surface area contributed by atoms with E-state index in [4.69, 9.17) is 0 Å². The molecule has 28 heavy (non-hydrogen) atoms. The van der Waals surface area contributed by atoms with E-state index < -0.39 is 11.6 Å². The highest BCUT2D eigenvalue weighted by Gasteiger charge is 2.49. The molecule has 0 bridgehead atoms. The van der Waals surface area contributed by atoms with Gasteiger partial charge in [0.05, 0.1) is 0 Å². The molecule has 1 N–H and O–H groups in total. The van der Waals surface area contributed by atoms with Gasteiger partial charge in [-0.2, -0.15) is 0 Å². The number of amides is 4. The third-order valence-corrected chi connectivity index (χ3v) is 6.14. The number of benzene rings is 1. The van der Waals surface area contributed by atoms with Gasteiger partial charge in [0.1, 0.15) is 12.1 Å². The van der Waals surface area contributed by atoms with E-state index in [1.165, 1.54) is 5.56 Å². The second-order valence-corrected chi connectivity index (χ2v) is 8.37. The minimum Gasteiger partial charge on any atom is -0.338 e. The van der Waals surface area contributed by atoms with Crippen LogP contribution >= 0.6 is 0 Å². The van der Waals surface area contributed by atoms with Gasteiger partial charge in [-0.15, -0.1) is 0 Å². The first-order chi connectivity index (χ1) is 13.3. The molecule has 0 saturated carbocycles. The number of imide groups is 1. The molecule has 0 radical (unpaired) electrons. The van der Waals surface area contributed by atoms with Gasteiger partial charge in [0.15, 0.2) is 0 Å². The highest BCUT2D eigenvalue weighted by Crippen LogP contribution is 2.30. The highest BCUT2D eigenvalue weighted by molar-refractivity contribution is 6.09. The number of piperidine rings is 1. The van der Waals surface area contributed by atoms with E-state index in [9.17, 15) is 14.4 Å². The zero-order chi connectivity index (χ0) is 20.5. The van der Waals surface area contributed by atoms with Crippen molar-refractivity contribution in [3.05, 3.63) is 35.4 Å². The Hall–Kier alpha value is -2.37. The van der Waals surface area contributed by atoms with Crippen molar-refractivity contribution < 1.29 is 14.4 Å². The number of hydrogen-bond donors (Lipinski definition) is 1. The fourth-order valence-corrected chi connectivity index (χ4v) is 4.22. The summed E-state index contributed by atoms with van der Waals surface area (Å²) in [4.78, 5) is 41.4. The standard InChI is InChI=1S/C22H31N3O3/c1-5-18-8-6-7-13-24(18)19(26)14-25-20(27)22(4,23-21(25)28)17-11-9-16(10-12-17)15(2)3/h9-12,15,18H,5-8,13-14H2,1-4H3,(H,23,28)/t18-,22+/m0/s1. The fraction of sp³-hybridized carbons (Fsp3) is 0.591. The van der Waals surface area contributed by atoms with Crippen LogP contribution in [0.5, 0.6) is 0 Å². The first kappa shape index (κ1) is 20.4. The Morgan fingerprint density at radius 1 is 1.21 bits per heavy atom. The van der Waals surface area contributed by atoms with Crippen LogP contribution in [0, 0.1) is 0 Å². The molecule has 2 aliphatic heterocycles. The maximum absolute atomic E-state index is 13.1. The lowest BCUT2D eigenvalue weighted by Crippen LogP contribution is -2.49. The second-order valence-electron chi connectivity index (χ2n) is 8.37. The monoisotopic (exact) mass is 385 g/mol. The van der Waals surface area contributed by atoms with Crippen molar-refractivity contribution in [1.29, 1.82) is 0 Å². The van der Waals surface area contributed by atoms with E-state index in [1.807, 2.05) is 29.2 Å². The number of nitrogens with one attached hydrogen (secondary N) is 1. The minimum absolute atomic E-state index is 0.144. The summed E-state index contributed by atoms with van der Waals surface area (Å²) in [6.45, 7) is 8.50. The molecule has 6 heteroatoms. The molecule has 2 atom stereocenters. The lowest BCUT2D eigenvalue weighted by Gasteiger charge is -2.36. The summed E-state index contributed by atoms with van der Waals surface area (Å²) >= 11 is 0. The zero-order valence-electron chi connectivity index (χ0n) is 17.3. The summed E-state index contributed by atoms with van der Waals surface area (Å²) in [7, 11) is 0. The Morgan fingerprint density at radius 3 is 2.50 bits per heavy atom. The van der Waals surface area contributed by atoms with Crippen LogP contribution in [0.2, 0.25) is 0 Å². The summed E-state index contributed by atoms with van der Waals surface area (Å²) in [5.41, 5.74) is 0.764. The van der Waals surface area contributed by atoms with Crippen molar-refractivity contribution in [3.63, 3.8) is 0 Å². The van der Waals surface area contributed by atoms with Crippen LogP contribution < -0.4 is 5.32 Å². The molecule has 2 heterocycles. The van der Waals surface area contributed by atoms with Gasteiger partial charge in [-0.25, -0.2) is 4.79 Å². The molecule has 1 aromatic rings. The number of carbonyl (C=O) groups excluding carboxylic acids is 3. The van der Waals surface area contributed by atoms with Crippen molar-refractivity contribution in [3.8, 4) is 0 Å². The van der Waals surface area contributed by atoms with Crippen molar-refractivity contribution in [2.24, 2.45) is 0 Å². The lowest BCUT2D eigenvalue weighted by atomic mass is 9.90. The Kier molecular flexibility index (Phi) is 5.77. The second kappa shape index (κ2) is 7.94. The molecule has 2 aliphatic rings. The van der Waals surface area contributed by atoms with Gasteiger partial charge in [0, 0.05) is 12.6 Å². The first-order valence-electron chi connectivity index (χ1n) is 10.3. The first-order valence-corrected chi connectivity index (χ1v) is 10.3. The summed E-state index contributed by atoms with van der Waals surface area (Å²) in [6.07, 6.45) is 3.98.